The van der Waals surface area contributed by atoms with Crippen molar-refractivity contribution in [3.63, 3.8) is 0 Å². The molecule has 0 unspecified atom stereocenters. The van der Waals surface area contributed by atoms with E-state index in [4.69, 9.17) is 9.84 Å². The third-order valence-corrected chi connectivity index (χ3v) is 2.00. The molecule has 2 aromatic rings. The van der Waals surface area contributed by atoms with Crippen molar-refractivity contribution >= 4 is 5.97 Å². The van der Waals surface area contributed by atoms with Gasteiger partial charge in [0, 0.05) is 0 Å². The van der Waals surface area contributed by atoms with E-state index in [-0.39, 0.29) is 5.56 Å². The molecule has 0 aliphatic carbocycles. The van der Waals surface area contributed by atoms with Gasteiger partial charge in [-0.2, -0.15) is 0 Å². The zero-order valence-electron chi connectivity index (χ0n) is 9.54. The van der Waals surface area contributed by atoms with Gasteiger partial charge in [-0.05, 0) is 24.3 Å². The first-order valence-corrected chi connectivity index (χ1v) is 5.11. The lowest BCUT2D eigenvalue weighted by atomic mass is 10.2. The number of benzene rings is 2. The van der Waals surface area contributed by atoms with Gasteiger partial charge in [0.2, 0.25) is 0 Å². The van der Waals surface area contributed by atoms with Gasteiger partial charge in [-0.15, -0.1) is 0 Å². The largest absolute Gasteiger partial charge is 0.497 e. The van der Waals surface area contributed by atoms with Crippen LogP contribution < -0.4 is 4.74 Å². The Labute approximate surface area is 100 Å². The summed E-state index contributed by atoms with van der Waals surface area (Å²) < 4.78 is 4.86. The molecule has 0 amide bonds. The highest BCUT2D eigenvalue weighted by atomic mass is 16.5. The van der Waals surface area contributed by atoms with Gasteiger partial charge in [-0.1, -0.05) is 36.4 Å². The summed E-state index contributed by atoms with van der Waals surface area (Å²) in [5.41, 5.74) is 0.269. The minimum Gasteiger partial charge on any atom is -0.497 e. The molecule has 0 bridgehead atoms. The average Bonchev–Trinajstić information content (AvgIpc) is 2.41. The number of hydrogen-bond acceptors (Lipinski definition) is 2. The molecule has 0 spiro atoms. The first-order chi connectivity index (χ1) is 8.24. The van der Waals surface area contributed by atoms with Crippen LogP contribution in [0.4, 0.5) is 0 Å². The first-order valence-electron chi connectivity index (χ1n) is 5.11. The Bertz CT molecular complexity index is 408. The minimum atomic E-state index is -0.923. The summed E-state index contributed by atoms with van der Waals surface area (Å²) in [7, 11) is 1.54. The maximum atomic E-state index is 10.4. The molecule has 1 N–H and O–H groups in total. The van der Waals surface area contributed by atoms with Gasteiger partial charge in [-0.3, -0.25) is 0 Å². The van der Waals surface area contributed by atoms with Crippen molar-refractivity contribution in [3.8, 4) is 5.75 Å². The molecule has 0 heterocycles. The van der Waals surface area contributed by atoms with Crippen molar-refractivity contribution in [2.24, 2.45) is 0 Å². The van der Waals surface area contributed by atoms with Gasteiger partial charge in [0.15, 0.2) is 0 Å². The average molecular weight is 230 g/mol. The molecule has 88 valence electrons. The molecular formula is C14H14O3. The number of aromatic carboxylic acids is 1. The van der Waals surface area contributed by atoms with E-state index in [0.717, 1.165) is 0 Å². The Balaban J connectivity index is 0.000000202. The standard InChI is InChI=1S/C8H8O3.C6H6/c1-11-7-4-2-6(3-5-7)8(9)10;1-2-4-6-5-3-1/h2-5H,1H3,(H,9,10);1-6H. The number of carbonyl (C=O) groups is 1. The topological polar surface area (TPSA) is 46.5 Å². The number of methoxy groups -OCH3 is 1. The fourth-order valence-corrected chi connectivity index (χ4v) is 1.12. The summed E-state index contributed by atoms with van der Waals surface area (Å²) >= 11 is 0. The van der Waals surface area contributed by atoms with Gasteiger partial charge >= 0.3 is 5.97 Å². The van der Waals surface area contributed by atoms with Crippen LogP contribution in [-0.2, 0) is 0 Å². The SMILES string of the molecule is COc1ccc(C(=O)O)cc1.c1ccccc1. The normalized spacial score (nSPS) is 8.76. The van der Waals surface area contributed by atoms with E-state index in [9.17, 15) is 4.79 Å². The van der Waals surface area contributed by atoms with Crippen molar-refractivity contribution in [2.75, 3.05) is 7.11 Å². The molecular weight excluding hydrogens is 216 g/mol. The van der Waals surface area contributed by atoms with Crippen LogP contribution in [0.1, 0.15) is 10.4 Å². The molecule has 2 rings (SSSR count). The van der Waals surface area contributed by atoms with Crippen molar-refractivity contribution in [3.05, 3.63) is 66.2 Å². The molecule has 3 nitrogen and oxygen atoms in total. The highest BCUT2D eigenvalue weighted by molar-refractivity contribution is 5.87. The predicted molar refractivity (Wildman–Crippen MR) is 66.4 cm³/mol. The summed E-state index contributed by atoms with van der Waals surface area (Å²) in [6, 6.07) is 18.2. The highest BCUT2D eigenvalue weighted by Crippen LogP contribution is 2.10. The lowest BCUT2D eigenvalue weighted by Crippen LogP contribution is -1.95. The Morgan fingerprint density at radius 3 is 1.65 bits per heavy atom. The van der Waals surface area contributed by atoms with E-state index in [1.54, 1.807) is 12.1 Å². The van der Waals surface area contributed by atoms with Crippen molar-refractivity contribution in [1.82, 2.24) is 0 Å². The summed E-state index contributed by atoms with van der Waals surface area (Å²) in [4.78, 5) is 10.4. The zero-order chi connectivity index (χ0) is 12.5. The number of ether oxygens (including phenoxy) is 1. The van der Waals surface area contributed by atoms with Crippen LogP contribution in [0.25, 0.3) is 0 Å². The second-order valence-corrected chi connectivity index (χ2v) is 3.19. The summed E-state index contributed by atoms with van der Waals surface area (Å²) in [6.07, 6.45) is 0. The summed E-state index contributed by atoms with van der Waals surface area (Å²) in [5.74, 6) is -0.261. The highest BCUT2D eigenvalue weighted by Gasteiger charge is 2.00. The van der Waals surface area contributed by atoms with Crippen LogP contribution in [0.2, 0.25) is 0 Å². The fourth-order valence-electron chi connectivity index (χ4n) is 1.12. The second kappa shape index (κ2) is 7.06. The Morgan fingerprint density at radius 2 is 1.35 bits per heavy atom. The van der Waals surface area contributed by atoms with E-state index in [1.807, 2.05) is 36.4 Å². The smallest absolute Gasteiger partial charge is 0.335 e. The van der Waals surface area contributed by atoms with E-state index < -0.39 is 5.97 Å². The minimum absolute atomic E-state index is 0.269. The van der Waals surface area contributed by atoms with Crippen LogP contribution in [-0.4, -0.2) is 18.2 Å². The number of hydrogen-bond donors (Lipinski definition) is 1. The molecule has 0 saturated heterocycles. The summed E-state index contributed by atoms with van der Waals surface area (Å²) in [6.45, 7) is 0. The molecule has 0 aliphatic heterocycles. The second-order valence-electron chi connectivity index (χ2n) is 3.19. The Morgan fingerprint density at radius 1 is 0.941 bits per heavy atom. The van der Waals surface area contributed by atoms with E-state index >= 15 is 0 Å². The first kappa shape index (κ1) is 12.8. The van der Waals surface area contributed by atoms with Crippen molar-refractivity contribution in [2.45, 2.75) is 0 Å². The summed E-state index contributed by atoms with van der Waals surface area (Å²) in [5, 5.41) is 8.51. The van der Waals surface area contributed by atoms with Crippen molar-refractivity contribution < 1.29 is 14.6 Å². The maximum absolute atomic E-state index is 10.4. The van der Waals surface area contributed by atoms with Gasteiger partial charge < -0.3 is 9.84 Å². The molecule has 0 atom stereocenters. The molecule has 0 radical (unpaired) electrons. The number of carboxylic acid groups (broad SMARTS) is 1. The molecule has 3 heteroatoms. The van der Waals surface area contributed by atoms with E-state index in [2.05, 4.69) is 0 Å². The third-order valence-electron chi connectivity index (χ3n) is 2.00. The molecule has 2 aromatic carbocycles. The van der Waals surface area contributed by atoms with Crippen LogP contribution in [0.3, 0.4) is 0 Å². The Kier molecular flexibility index (Phi) is 5.31. The van der Waals surface area contributed by atoms with Gasteiger partial charge in [0.1, 0.15) is 5.75 Å². The maximum Gasteiger partial charge on any atom is 0.335 e. The van der Waals surface area contributed by atoms with Gasteiger partial charge in [0.25, 0.3) is 0 Å². The van der Waals surface area contributed by atoms with Crippen molar-refractivity contribution in [1.29, 1.82) is 0 Å². The quantitative estimate of drug-likeness (QED) is 0.862. The zero-order valence-corrected chi connectivity index (χ0v) is 9.54. The van der Waals surface area contributed by atoms with Crippen LogP contribution >= 0.6 is 0 Å². The lowest BCUT2D eigenvalue weighted by molar-refractivity contribution is 0.0697. The monoisotopic (exact) mass is 230 g/mol. The fraction of sp³-hybridized carbons (Fsp3) is 0.0714. The molecule has 0 aliphatic rings. The third kappa shape index (κ3) is 4.84. The van der Waals surface area contributed by atoms with Gasteiger partial charge in [-0.25, -0.2) is 4.79 Å². The van der Waals surface area contributed by atoms with Crippen LogP contribution in [0, 0.1) is 0 Å². The Hall–Kier alpha value is -2.29. The lowest BCUT2D eigenvalue weighted by Gasteiger charge is -1.98. The number of carboxylic acids is 1. The van der Waals surface area contributed by atoms with E-state index in [1.165, 1.54) is 19.2 Å². The van der Waals surface area contributed by atoms with E-state index in [0.29, 0.717) is 5.75 Å². The number of rotatable bonds is 2. The van der Waals surface area contributed by atoms with Gasteiger partial charge in [0.05, 0.1) is 12.7 Å². The van der Waals surface area contributed by atoms with Crippen LogP contribution in [0.15, 0.2) is 60.7 Å². The van der Waals surface area contributed by atoms with Crippen LogP contribution in [0.5, 0.6) is 5.75 Å². The predicted octanol–water partition coefficient (Wildman–Crippen LogP) is 3.08. The molecule has 0 aromatic heterocycles. The molecule has 0 saturated carbocycles. The molecule has 0 fully saturated rings. The molecule has 17 heavy (non-hydrogen) atoms.